The third-order valence-electron chi connectivity index (χ3n) is 3.74. The van der Waals surface area contributed by atoms with Crippen LogP contribution in [0.4, 0.5) is 5.69 Å². The van der Waals surface area contributed by atoms with Gasteiger partial charge >= 0.3 is 0 Å². The van der Waals surface area contributed by atoms with Crippen LogP contribution >= 0.6 is 0 Å². The number of nitrogens with one attached hydrogen (secondary N) is 2. The second-order valence-corrected chi connectivity index (χ2v) is 5.22. The smallest absolute Gasteiger partial charge is 0.227 e. The molecule has 0 aliphatic carbocycles. The van der Waals surface area contributed by atoms with Crippen LogP contribution in [0.2, 0.25) is 0 Å². The van der Waals surface area contributed by atoms with Crippen LogP contribution in [0.15, 0.2) is 18.2 Å². The standard InChI is InChI=1S/C16H24N2O3/c1-4-20-14-7-6-13(8-15(14)21-5-2)18-16(19)11(3)12-9-17-10-12/h6-8,11-12,17H,4-5,9-10H2,1-3H3,(H,18,19). The molecule has 0 bridgehead atoms. The van der Waals surface area contributed by atoms with Gasteiger partial charge in [0, 0.05) is 17.7 Å². The highest BCUT2D eigenvalue weighted by Gasteiger charge is 2.28. The van der Waals surface area contributed by atoms with E-state index >= 15 is 0 Å². The Labute approximate surface area is 126 Å². The molecule has 1 heterocycles. The number of ether oxygens (including phenoxy) is 2. The maximum absolute atomic E-state index is 12.2. The van der Waals surface area contributed by atoms with Gasteiger partial charge in [-0.15, -0.1) is 0 Å². The number of benzene rings is 1. The minimum atomic E-state index is 0.00774. The van der Waals surface area contributed by atoms with Gasteiger partial charge in [-0.3, -0.25) is 4.79 Å². The van der Waals surface area contributed by atoms with Crippen LogP contribution < -0.4 is 20.1 Å². The van der Waals surface area contributed by atoms with Crippen LogP contribution in [0.3, 0.4) is 0 Å². The second kappa shape index (κ2) is 7.31. The van der Waals surface area contributed by atoms with Gasteiger partial charge in [-0.25, -0.2) is 0 Å². The van der Waals surface area contributed by atoms with Crippen molar-refractivity contribution in [3.63, 3.8) is 0 Å². The molecule has 1 aromatic carbocycles. The summed E-state index contributed by atoms with van der Waals surface area (Å²) in [6, 6.07) is 5.50. The van der Waals surface area contributed by atoms with Gasteiger partial charge in [-0.05, 0) is 45.0 Å². The highest BCUT2D eigenvalue weighted by atomic mass is 16.5. The van der Waals surface area contributed by atoms with Crippen LogP contribution in [-0.4, -0.2) is 32.2 Å². The Morgan fingerprint density at radius 3 is 2.52 bits per heavy atom. The molecule has 21 heavy (non-hydrogen) atoms. The number of hydrogen-bond acceptors (Lipinski definition) is 4. The van der Waals surface area contributed by atoms with E-state index in [-0.39, 0.29) is 11.8 Å². The van der Waals surface area contributed by atoms with Gasteiger partial charge in [0.15, 0.2) is 11.5 Å². The van der Waals surface area contributed by atoms with E-state index in [9.17, 15) is 4.79 Å². The Kier molecular flexibility index (Phi) is 5.44. The van der Waals surface area contributed by atoms with Crippen LogP contribution in [0.25, 0.3) is 0 Å². The number of carbonyl (C=O) groups excluding carboxylic acids is 1. The van der Waals surface area contributed by atoms with Crippen molar-refractivity contribution in [1.82, 2.24) is 5.32 Å². The van der Waals surface area contributed by atoms with Gasteiger partial charge in [-0.1, -0.05) is 6.92 Å². The minimum Gasteiger partial charge on any atom is -0.490 e. The summed E-state index contributed by atoms with van der Waals surface area (Å²) in [6.07, 6.45) is 0. The van der Waals surface area contributed by atoms with E-state index in [0.717, 1.165) is 18.8 Å². The first kappa shape index (κ1) is 15.6. The number of anilines is 1. The summed E-state index contributed by atoms with van der Waals surface area (Å²) in [5.41, 5.74) is 0.742. The Morgan fingerprint density at radius 2 is 1.95 bits per heavy atom. The molecule has 1 aromatic rings. The molecule has 5 nitrogen and oxygen atoms in total. The minimum absolute atomic E-state index is 0.00774. The van der Waals surface area contributed by atoms with E-state index in [1.54, 1.807) is 0 Å². The van der Waals surface area contributed by atoms with E-state index < -0.39 is 0 Å². The molecule has 0 spiro atoms. The molecule has 1 aliphatic heterocycles. The molecular formula is C16H24N2O3. The van der Waals surface area contributed by atoms with Gasteiger partial charge < -0.3 is 20.1 Å². The van der Waals surface area contributed by atoms with Crippen LogP contribution in [0.5, 0.6) is 11.5 Å². The molecular weight excluding hydrogens is 268 g/mol. The average Bonchev–Trinajstić information content (AvgIpc) is 2.40. The number of amides is 1. The lowest BCUT2D eigenvalue weighted by atomic mass is 9.88. The molecule has 0 saturated carbocycles. The monoisotopic (exact) mass is 292 g/mol. The summed E-state index contributed by atoms with van der Waals surface area (Å²) in [5.74, 6) is 1.85. The summed E-state index contributed by atoms with van der Waals surface area (Å²) in [4.78, 5) is 12.2. The lowest BCUT2D eigenvalue weighted by Gasteiger charge is -2.31. The molecule has 2 N–H and O–H groups in total. The summed E-state index contributed by atoms with van der Waals surface area (Å²) < 4.78 is 11.1. The summed E-state index contributed by atoms with van der Waals surface area (Å²) in [5, 5.41) is 6.15. The highest BCUT2D eigenvalue weighted by molar-refractivity contribution is 5.93. The van der Waals surface area contributed by atoms with Gasteiger partial charge in [0.05, 0.1) is 13.2 Å². The quantitative estimate of drug-likeness (QED) is 0.809. The van der Waals surface area contributed by atoms with Crippen molar-refractivity contribution < 1.29 is 14.3 Å². The van der Waals surface area contributed by atoms with E-state index in [0.29, 0.717) is 30.6 Å². The van der Waals surface area contributed by atoms with Crippen LogP contribution in [0.1, 0.15) is 20.8 Å². The Bertz CT molecular complexity index is 486. The Balaban J connectivity index is 2.05. The molecule has 1 aliphatic rings. The average molecular weight is 292 g/mol. The first-order chi connectivity index (χ1) is 10.2. The summed E-state index contributed by atoms with van der Waals surface area (Å²) in [7, 11) is 0. The van der Waals surface area contributed by atoms with E-state index in [1.165, 1.54) is 0 Å². The van der Waals surface area contributed by atoms with Crippen molar-refractivity contribution in [3.8, 4) is 11.5 Å². The van der Waals surface area contributed by atoms with Crippen LogP contribution in [-0.2, 0) is 4.79 Å². The maximum atomic E-state index is 12.2. The Hall–Kier alpha value is -1.75. The van der Waals surface area contributed by atoms with Gasteiger partial charge in [-0.2, -0.15) is 0 Å². The maximum Gasteiger partial charge on any atom is 0.227 e. The summed E-state index contributed by atoms with van der Waals surface area (Å²) >= 11 is 0. The van der Waals surface area contributed by atoms with Crippen molar-refractivity contribution in [3.05, 3.63) is 18.2 Å². The first-order valence-electron chi connectivity index (χ1n) is 7.56. The SMILES string of the molecule is CCOc1ccc(NC(=O)C(C)C2CNC2)cc1OCC. The highest BCUT2D eigenvalue weighted by Crippen LogP contribution is 2.31. The fourth-order valence-electron chi connectivity index (χ4n) is 2.26. The van der Waals surface area contributed by atoms with Gasteiger partial charge in [0.25, 0.3) is 0 Å². The fourth-order valence-corrected chi connectivity index (χ4v) is 2.26. The number of carbonyl (C=O) groups is 1. The van der Waals surface area contributed by atoms with Crippen molar-refractivity contribution in [2.24, 2.45) is 11.8 Å². The lowest BCUT2D eigenvalue weighted by molar-refractivity contribution is -0.121. The number of hydrogen-bond donors (Lipinski definition) is 2. The van der Waals surface area contributed by atoms with Crippen LogP contribution in [0, 0.1) is 11.8 Å². The predicted octanol–water partition coefficient (Wildman–Crippen LogP) is 2.28. The molecule has 1 amide bonds. The molecule has 1 unspecified atom stereocenters. The zero-order valence-corrected chi connectivity index (χ0v) is 12.9. The van der Waals surface area contributed by atoms with Gasteiger partial charge in [0.2, 0.25) is 5.91 Å². The summed E-state index contributed by atoms with van der Waals surface area (Å²) in [6.45, 7) is 8.80. The van der Waals surface area contributed by atoms with Crippen molar-refractivity contribution in [2.75, 3.05) is 31.6 Å². The zero-order valence-electron chi connectivity index (χ0n) is 12.9. The largest absolute Gasteiger partial charge is 0.490 e. The molecule has 5 heteroatoms. The molecule has 1 fully saturated rings. The molecule has 116 valence electrons. The van der Waals surface area contributed by atoms with Crippen molar-refractivity contribution >= 4 is 11.6 Å². The number of rotatable bonds is 7. The van der Waals surface area contributed by atoms with Crippen molar-refractivity contribution in [1.29, 1.82) is 0 Å². The van der Waals surface area contributed by atoms with Crippen molar-refractivity contribution in [2.45, 2.75) is 20.8 Å². The zero-order chi connectivity index (χ0) is 15.2. The third kappa shape index (κ3) is 3.88. The van der Waals surface area contributed by atoms with E-state index in [2.05, 4.69) is 10.6 Å². The lowest BCUT2D eigenvalue weighted by Crippen LogP contribution is -2.48. The normalized spacial score (nSPS) is 16.0. The first-order valence-corrected chi connectivity index (χ1v) is 7.56. The van der Waals surface area contributed by atoms with E-state index in [1.807, 2.05) is 39.0 Å². The third-order valence-corrected chi connectivity index (χ3v) is 3.74. The molecule has 0 aromatic heterocycles. The molecule has 0 radical (unpaired) electrons. The van der Waals surface area contributed by atoms with E-state index in [4.69, 9.17) is 9.47 Å². The fraction of sp³-hybridized carbons (Fsp3) is 0.562. The Morgan fingerprint density at radius 1 is 1.29 bits per heavy atom. The topological polar surface area (TPSA) is 59.6 Å². The molecule has 1 saturated heterocycles. The predicted molar refractivity (Wildman–Crippen MR) is 82.9 cm³/mol. The second-order valence-electron chi connectivity index (χ2n) is 5.22. The molecule has 2 rings (SSSR count). The molecule has 1 atom stereocenters. The van der Waals surface area contributed by atoms with Gasteiger partial charge in [0.1, 0.15) is 0 Å².